The van der Waals surface area contributed by atoms with Crippen LogP contribution in [0.4, 0.5) is 10.6 Å². The van der Waals surface area contributed by atoms with Gasteiger partial charge in [-0.3, -0.25) is 0 Å². The molecule has 0 aromatic carbocycles. The van der Waals surface area contributed by atoms with E-state index in [2.05, 4.69) is 9.97 Å². The highest BCUT2D eigenvalue weighted by Gasteiger charge is 2.53. The zero-order valence-corrected chi connectivity index (χ0v) is 12.9. The van der Waals surface area contributed by atoms with E-state index < -0.39 is 17.2 Å². The van der Waals surface area contributed by atoms with Gasteiger partial charge >= 0.3 is 6.09 Å². The van der Waals surface area contributed by atoms with E-state index in [-0.39, 0.29) is 23.5 Å². The monoisotopic (exact) mass is 315 g/mol. The lowest BCUT2D eigenvalue weighted by atomic mass is 10.2. The number of nitrogens with zero attached hydrogens (tertiary/aromatic N) is 3. The molecule has 1 aromatic heterocycles. The van der Waals surface area contributed by atoms with Crippen molar-refractivity contribution in [3.63, 3.8) is 0 Å². The number of aliphatic hydroxyl groups is 1. The van der Waals surface area contributed by atoms with E-state index in [4.69, 9.17) is 16.3 Å². The Morgan fingerprint density at radius 3 is 2.62 bits per heavy atom. The standard InChI is InChI=1S/C13H18ClN3O4/c1-12(2,3)21-11(20)17(13(7-18)4-5-13)9-8(19)6-15-10(14)16-9/h6,18-19H,4-5,7H2,1-3H3. The lowest BCUT2D eigenvalue weighted by Gasteiger charge is -2.32. The first kappa shape index (κ1) is 15.8. The van der Waals surface area contributed by atoms with E-state index in [1.807, 2.05) is 0 Å². The molecule has 116 valence electrons. The number of aromatic hydroxyl groups is 1. The second-order valence-electron chi connectivity index (χ2n) is 6.05. The molecule has 1 saturated carbocycles. The van der Waals surface area contributed by atoms with Gasteiger partial charge in [-0.25, -0.2) is 14.7 Å². The minimum Gasteiger partial charge on any atom is -0.503 e. The Bertz CT molecular complexity index is 555. The third-order valence-electron chi connectivity index (χ3n) is 3.10. The summed E-state index contributed by atoms with van der Waals surface area (Å²) in [6.45, 7) is 4.94. The van der Waals surface area contributed by atoms with Crippen LogP contribution in [-0.2, 0) is 4.74 Å². The van der Waals surface area contributed by atoms with Crippen molar-refractivity contribution in [3.8, 4) is 5.75 Å². The number of carbonyl (C=O) groups is 1. The molecule has 1 amide bonds. The Balaban J connectivity index is 2.42. The van der Waals surface area contributed by atoms with Gasteiger partial charge in [-0.2, -0.15) is 4.98 Å². The molecule has 21 heavy (non-hydrogen) atoms. The van der Waals surface area contributed by atoms with E-state index in [0.717, 1.165) is 6.20 Å². The van der Waals surface area contributed by atoms with Gasteiger partial charge in [-0.05, 0) is 45.2 Å². The number of amides is 1. The van der Waals surface area contributed by atoms with Crippen molar-refractivity contribution in [2.75, 3.05) is 11.5 Å². The number of halogens is 1. The molecule has 1 aromatic rings. The zero-order chi connectivity index (χ0) is 15.8. The number of rotatable bonds is 3. The predicted molar refractivity (Wildman–Crippen MR) is 76.5 cm³/mol. The first-order valence-electron chi connectivity index (χ1n) is 6.54. The summed E-state index contributed by atoms with van der Waals surface area (Å²) < 4.78 is 5.34. The summed E-state index contributed by atoms with van der Waals surface area (Å²) in [5, 5.41) is 19.4. The van der Waals surface area contributed by atoms with Crippen LogP contribution in [0.15, 0.2) is 6.20 Å². The Labute approximate surface area is 127 Å². The number of aromatic nitrogens is 2. The third kappa shape index (κ3) is 3.36. The predicted octanol–water partition coefficient (Wildman–Crippen LogP) is 2.10. The van der Waals surface area contributed by atoms with Crippen LogP contribution >= 0.6 is 11.6 Å². The normalized spacial score (nSPS) is 16.4. The maximum atomic E-state index is 12.4. The number of aliphatic hydroxyl groups excluding tert-OH is 1. The van der Waals surface area contributed by atoms with Crippen molar-refractivity contribution in [1.29, 1.82) is 0 Å². The zero-order valence-electron chi connectivity index (χ0n) is 12.1. The molecular formula is C13H18ClN3O4. The lowest BCUT2D eigenvalue weighted by Crippen LogP contribution is -2.47. The largest absolute Gasteiger partial charge is 0.503 e. The molecule has 8 heteroatoms. The molecule has 1 heterocycles. The van der Waals surface area contributed by atoms with Crippen LogP contribution in [0.5, 0.6) is 5.75 Å². The second kappa shape index (κ2) is 5.31. The summed E-state index contributed by atoms with van der Waals surface area (Å²) in [4.78, 5) is 21.2. The molecule has 0 saturated heterocycles. The highest BCUT2D eigenvalue weighted by atomic mass is 35.5. The van der Waals surface area contributed by atoms with Crippen LogP contribution in [0.25, 0.3) is 0 Å². The Morgan fingerprint density at radius 1 is 1.52 bits per heavy atom. The molecule has 0 unspecified atom stereocenters. The molecule has 2 rings (SSSR count). The summed E-state index contributed by atoms with van der Waals surface area (Å²) in [7, 11) is 0. The second-order valence-corrected chi connectivity index (χ2v) is 6.38. The van der Waals surface area contributed by atoms with E-state index in [9.17, 15) is 15.0 Å². The number of ether oxygens (including phenoxy) is 1. The lowest BCUT2D eigenvalue weighted by molar-refractivity contribution is 0.0540. The van der Waals surface area contributed by atoms with Crippen LogP contribution in [0.2, 0.25) is 5.28 Å². The topological polar surface area (TPSA) is 95.8 Å². The van der Waals surface area contributed by atoms with Gasteiger partial charge < -0.3 is 14.9 Å². The highest BCUT2D eigenvalue weighted by molar-refractivity contribution is 6.28. The van der Waals surface area contributed by atoms with Crippen molar-refractivity contribution < 1.29 is 19.7 Å². The first-order chi connectivity index (χ1) is 9.68. The number of anilines is 1. The summed E-state index contributed by atoms with van der Waals surface area (Å²) in [5.74, 6) is -0.360. The molecule has 7 nitrogen and oxygen atoms in total. The Morgan fingerprint density at radius 2 is 2.14 bits per heavy atom. The average molecular weight is 316 g/mol. The molecule has 0 atom stereocenters. The van der Waals surface area contributed by atoms with E-state index in [1.54, 1.807) is 20.8 Å². The maximum Gasteiger partial charge on any atom is 0.416 e. The summed E-state index contributed by atoms with van der Waals surface area (Å²) in [6.07, 6.45) is 1.59. The highest BCUT2D eigenvalue weighted by Crippen LogP contribution is 2.46. The van der Waals surface area contributed by atoms with Crippen LogP contribution in [0.3, 0.4) is 0 Å². The van der Waals surface area contributed by atoms with Gasteiger partial charge in [0.2, 0.25) is 5.28 Å². The minimum absolute atomic E-state index is 0.0594. The van der Waals surface area contributed by atoms with Crippen LogP contribution in [0.1, 0.15) is 33.6 Å². The van der Waals surface area contributed by atoms with Gasteiger partial charge in [-0.15, -0.1) is 0 Å². The molecule has 1 aliphatic carbocycles. The molecule has 1 aliphatic rings. The van der Waals surface area contributed by atoms with Gasteiger partial charge in [-0.1, -0.05) is 0 Å². The van der Waals surface area contributed by atoms with Crippen LogP contribution < -0.4 is 4.90 Å². The van der Waals surface area contributed by atoms with Gasteiger partial charge in [0, 0.05) is 0 Å². The number of carbonyl (C=O) groups excluding carboxylic acids is 1. The van der Waals surface area contributed by atoms with Crippen molar-refractivity contribution in [2.45, 2.75) is 44.8 Å². The van der Waals surface area contributed by atoms with Crippen molar-refractivity contribution in [1.82, 2.24) is 9.97 Å². The van der Waals surface area contributed by atoms with Gasteiger partial charge in [0.1, 0.15) is 5.60 Å². The third-order valence-corrected chi connectivity index (χ3v) is 3.29. The fraction of sp³-hybridized carbons (Fsp3) is 0.615. The van der Waals surface area contributed by atoms with E-state index in [0.29, 0.717) is 12.8 Å². The van der Waals surface area contributed by atoms with Gasteiger partial charge in [0.25, 0.3) is 0 Å². The van der Waals surface area contributed by atoms with Crippen LogP contribution in [0, 0.1) is 0 Å². The molecule has 0 aliphatic heterocycles. The van der Waals surface area contributed by atoms with Crippen molar-refractivity contribution in [2.24, 2.45) is 0 Å². The first-order valence-corrected chi connectivity index (χ1v) is 6.92. The Hall–Kier alpha value is -1.60. The smallest absolute Gasteiger partial charge is 0.416 e. The van der Waals surface area contributed by atoms with E-state index in [1.165, 1.54) is 4.90 Å². The maximum absolute atomic E-state index is 12.4. The quantitative estimate of drug-likeness (QED) is 0.829. The van der Waals surface area contributed by atoms with E-state index >= 15 is 0 Å². The van der Waals surface area contributed by atoms with Gasteiger partial charge in [0.05, 0.1) is 18.3 Å². The molecule has 0 radical (unpaired) electrons. The fourth-order valence-corrected chi connectivity index (χ4v) is 2.05. The summed E-state index contributed by atoms with van der Waals surface area (Å²) in [6, 6.07) is 0. The molecule has 0 spiro atoms. The Kier molecular flexibility index (Phi) is 3.99. The SMILES string of the molecule is CC(C)(C)OC(=O)N(c1nc(Cl)ncc1O)C1(CO)CC1. The fourth-order valence-electron chi connectivity index (χ4n) is 1.92. The summed E-state index contributed by atoms with van der Waals surface area (Å²) in [5.41, 5.74) is -1.52. The molecule has 1 fully saturated rings. The van der Waals surface area contributed by atoms with Crippen molar-refractivity contribution in [3.05, 3.63) is 11.5 Å². The van der Waals surface area contributed by atoms with Crippen molar-refractivity contribution >= 4 is 23.5 Å². The van der Waals surface area contributed by atoms with Crippen LogP contribution in [-0.4, -0.2) is 44.0 Å². The number of hydrogen-bond acceptors (Lipinski definition) is 6. The average Bonchev–Trinajstić information content (AvgIpc) is 3.13. The minimum atomic E-state index is -0.808. The summed E-state index contributed by atoms with van der Waals surface area (Å²) >= 11 is 5.74. The number of hydrogen-bond donors (Lipinski definition) is 2. The molecule has 0 bridgehead atoms. The molecular weight excluding hydrogens is 298 g/mol. The van der Waals surface area contributed by atoms with Gasteiger partial charge in [0.15, 0.2) is 11.6 Å². The molecule has 2 N–H and O–H groups in total.